The van der Waals surface area contributed by atoms with Crippen LogP contribution < -0.4 is 4.74 Å². The first kappa shape index (κ1) is 14.9. The molecule has 106 valence electrons. The second-order valence-electron chi connectivity index (χ2n) is 4.63. The monoisotopic (exact) mass is 292 g/mol. The van der Waals surface area contributed by atoms with E-state index in [-0.39, 0.29) is 5.82 Å². The molecule has 0 atom stereocenters. The van der Waals surface area contributed by atoms with E-state index in [1.807, 2.05) is 24.3 Å². The highest BCUT2D eigenvalue weighted by Gasteiger charge is 2.00. The molecule has 0 saturated heterocycles. The first-order valence-corrected chi connectivity index (χ1v) is 7.38. The van der Waals surface area contributed by atoms with E-state index < -0.39 is 0 Å². The van der Waals surface area contributed by atoms with Gasteiger partial charge in [-0.15, -0.1) is 11.6 Å². The van der Waals surface area contributed by atoms with Crippen LogP contribution in [0.3, 0.4) is 0 Å². The largest absolute Gasteiger partial charge is 0.494 e. The zero-order valence-electron chi connectivity index (χ0n) is 11.3. The Labute approximate surface area is 124 Å². The molecule has 2 rings (SSSR count). The zero-order chi connectivity index (χ0) is 14.2. The molecule has 3 heteroatoms. The molecule has 0 heterocycles. The summed E-state index contributed by atoms with van der Waals surface area (Å²) in [6.45, 7) is 0.698. The fraction of sp³-hybridized carbons (Fsp3) is 0.294. The quantitative estimate of drug-likeness (QED) is 0.498. The lowest BCUT2D eigenvalue weighted by Gasteiger charge is -2.08. The highest BCUT2D eigenvalue weighted by molar-refractivity contribution is 6.17. The van der Waals surface area contributed by atoms with Gasteiger partial charge in [0.1, 0.15) is 11.6 Å². The SMILES string of the molecule is Fc1ccc(-c2cccc(OCCCCCCl)c2)cc1. The van der Waals surface area contributed by atoms with Gasteiger partial charge in [0.2, 0.25) is 0 Å². The Balaban J connectivity index is 1.95. The standard InChI is InChI=1S/C17H18ClFO/c18-11-2-1-3-12-20-17-6-4-5-15(13-17)14-7-9-16(19)10-8-14/h4-10,13H,1-3,11-12H2. The lowest BCUT2D eigenvalue weighted by molar-refractivity contribution is 0.306. The molecule has 0 aromatic heterocycles. The maximum absolute atomic E-state index is 12.9. The van der Waals surface area contributed by atoms with Gasteiger partial charge in [0.05, 0.1) is 6.61 Å². The number of rotatable bonds is 7. The molecule has 2 aromatic carbocycles. The molecule has 2 aromatic rings. The normalized spacial score (nSPS) is 10.5. The number of unbranched alkanes of at least 4 members (excludes halogenated alkanes) is 2. The molecule has 0 amide bonds. The molecule has 0 aliphatic rings. The summed E-state index contributed by atoms with van der Waals surface area (Å²) >= 11 is 5.63. The third-order valence-corrected chi connectivity index (χ3v) is 3.33. The van der Waals surface area contributed by atoms with Crippen LogP contribution in [0.1, 0.15) is 19.3 Å². The Morgan fingerprint density at radius 2 is 1.70 bits per heavy atom. The van der Waals surface area contributed by atoms with Gasteiger partial charge in [-0.3, -0.25) is 0 Å². The van der Waals surface area contributed by atoms with Gasteiger partial charge in [0.25, 0.3) is 0 Å². The molecule has 0 N–H and O–H groups in total. The van der Waals surface area contributed by atoms with Gasteiger partial charge in [-0.1, -0.05) is 24.3 Å². The van der Waals surface area contributed by atoms with Crippen molar-refractivity contribution in [2.45, 2.75) is 19.3 Å². The molecule has 0 fully saturated rings. The topological polar surface area (TPSA) is 9.23 Å². The van der Waals surface area contributed by atoms with Gasteiger partial charge in [-0.2, -0.15) is 0 Å². The number of hydrogen-bond donors (Lipinski definition) is 0. The summed E-state index contributed by atoms with van der Waals surface area (Å²) in [6.07, 6.45) is 3.12. The Morgan fingerprint density at radius 3 is 2.45 bits per heavy atom. The van der Waals surface area contributed by atoms with E-state index in [9.17, 15) is 4.39 Å². The minimum Gasteiger partial charge on any atom is -0.494 e. The molecule has 0 radical (unpaired) electrons. The lowest BCUT2D eigenvalue weighted by atomic mass is 10.1. The molecule has 20 heavy (non-hydrogen) atoms. The Kier molecular flexibility index (Phi) is 5.87. The summed E-state index contributed by atoms with van der Waals surface area (Å²) in [5.41, 5.74) is 2.02. The zero-order valence-corrected chi connectivity index (χ0v) is 12.1. The number of alkyl halides is 1. The van der Waals surface area contributed by atoms with Crippen LogP contribution in [0.2, 0.25) is 0 Å². The predicted octanol–water partition coefficient (Wildman–Crippen LogP) is 5.28. The van der Waals surface area contributed by atoms with Gasteiger partial charge in [-0.25, -0.2) is 4.39 Å². The Bertz CT molecular complexity index is 525. The van der Waals surface area contributed by atoms with E-state index in [2.05, 4.69) is 0 Å². The van der Waals surface area contributed by atoms with E-state index in [0.29, 0.717) is 12.5 Å². The van der Waals surface area contributed by atoms with E-state index in [0.717, 1.165) is 36.1 Å². The van der Waals surface area contributed by atoms with Crippen LogP contribution in [-0.4, -0.2) is 12.5 Å². The molecular formula is C17H18ClFO. The van der Waals surface area contributed by atoms with Crippen LogP contribution in [0, 0.1) is 5.82 Å². The van der Waals surface area contributed by atoms with Gasteiger partial charge in [0.15, 0.2) is 0 Å². The predicted molar refractivity (Wildman–Crippen MR) is 81.9 cm³/mol. The number of benzene rings is 2. The maximum Gasteiger partial charge on any atom is 0.123 e. The first-order valence-electron chi connectivity index (χ1n) is 6.84. The van der Waals surface area contributed by atoms with Crippen molar-refractivity contribution in [3.63, 3.8) is 0 Å². The Hall–Kier alpha value is -1.54. The summed E-state index contributed by atoms with van der Waals surface area (Å²) in [5.74, 6) is 1.33. The van der Waals surface area contributed by atoms with Crippen molar-refractivity contribution in [3.05, 3.63) is 54.3 Å². The summed E-state index contributed by atoms with van der Waals surface area (Å²) in [6, 6.07) is 14.3. The minimum atomic E-state index is -0.222. The fourth-order valence-electron chi connectivity index (χ4n) is 1.97. The molecule has 0 bridgehead atoms. The van der Waals surface area contributed by atoms with Gasteiger partial charge >= 0.3 is 0 Å². The average Bonchev–Trinajstić information content (AvgIpc) is 2.48. The smallest absolute Gasteiger partial charge is 0.123 e. The highest BCUT2D eigenvalue weighted by Crippen LogP contribution is 2.24. The average molecular weight is 293 g/mol. The van der Waals surface area contributed by atoms with Crippen LogP contribution in [0.5, 0.6) is 5.75 Å². The second-order valence-corrected chi connectivity index (χ2v) is 5.01. The van der Waals surface area contributed by atoms with Crippen molar-refractivity contribution in [1.82, 2.24) is 0 Å². The van der Waals surface area contributed by atoms with Gasteiger partial charge < -0.3 is 4.74 Å². The molecule has 0 saturated carbocycles. The van der Waals surface area contributed by atoms with E-state index in [1.54, 1.807) is 12.1 Å². The van der Waals surface area contributed by atoms with Crippen LogP contribution in [0.15, 0.2) is 48.5 Å². The molecular weight excluding hydrogens is 275 g/mol. The van der Waals surface area contributed by atoms with Crippen molar-refractivity contribution in [3.8, 4) is 16.9 Å². The number of hydrogen-bond acceptors (Lipinski definition) is 1. The molecule has 0 aliphatic carbocycles. The van der Waals surface area contributed by atoms with Crippen LogP contribution >= 0.6 is 11.6 Å². The molecule has 0 unspecified atom stereocenters. The van der Waals surface area contributed by atoms with E-state index in [4.69, 9.17) is 16.3 Å². The minimum absolute atomic E-state index is 0.222. The lowest BCUT2D eigenvalue weighted by Crippen LogP contribution is -1.97. The second kappa shape index (κ2) is 7.91. The molecule has 0 aliphatic heterocycles. The van der Waals surface area contributed by atoms with Crippen LogP contribution in [0.25, 0.3) is 11.1 Å². The maximum atomic E-state index is 12.9. The number of halogens is 2. The highest BCUT2D eigenvalue weighted by atomic mass is 35.5. The van der Waals surface area contributed by atoms with Crippen molar-refractivity contribution in [2.24, 2.45) is 0 Å². The third kappa shape index (κ3) is 4.53. The third-order valence-electron chi connectivity index (χ3n) is 3.06. The van der Waals surface area contributed by atoms with Crippen molar-refractivity contribution >= 4 is 11.6 Å². The summed E-state index contributed by atoms with van der Waals surface area (Å²) in [7, 11) is 0. The van der Waals surface area contributed by atoms with Crippen molar-refractivity contribution in [1.29, 1.82) is 0 Å². The van der Waals surface area contributed by atoms with Crippen molar-refractivity contribution < 1.29 is 9.13 Å². The van der Waals surface area contributed by atoms with Crippen LogP contribution in [-0.2, 0) is 0 Å². The molecule has 1 nitrogen and oxygen atoms in total. The fourth-order valence-corrected chi connectivity index (χ4v) is 2.16. The Morgan fingerprint density at radius 1 is 0.900 bits per heavy atom. The number of ether oxygens (including phenoxy) is 1. The summed E-state index contributed by atoms with van der Waals surface area (Å²) in [4.78, 5) is 0. The van der Waals surface area contributed by atoms with E-state index in [1.165, 1.54) is 12.1 Å². The van der Waals surface area contributed by atoms with Crippen LogP contribution in [0.4, 0.5) is 4.39 Å². The summed E-state index contributed by atoms with van der Waals surface area (Å²) < 4.78 is 18.6. The van der Waals surface area contributed by atoms with Gasteiger partial charge in [0, 0.05) is 5.88 Å². The molecule has 0 spiro atoms. The van der Waals surface area contributed by atoms with Crippen molar-refractivity contribution in [2.75, 3.05) is 12.5 Å². The first-order chi connectivity index (χ1) is 9.79. The van der Waals surface area contributed by atoms with E-state index >= 15 is 0 Å². The van der Waals surface area contributed by atoms with Gasteiger partial charge in [-0.05, 0) is 54.7 Å². The summed E-state index contributed by atoms with van der Waals surface area (Å²) in [5, 5.41) is 0.